The summed E-state index contributed by atoms with van der Waals surface area (Å²) in [5, 5.41) is 75.1. The predicted octanol–water partition coefficient (Wildman–Crippen LogP) is 4.73. The van der Waals surface area contributed by atoms with Crippen LogP contribution in [-0.2, 0) is 71.0 Å². The highest BCUT2D eigenvalue weighted by Crippen LogP contribution is 2.42. The van der Waals surface area contributed by atoms with Crippen molar-refractivity contribution in [1.29, 1.82) is 5.26 Å². The van der Waals surface area contributed by atoms with Crippen molar-refractivity contribution in [3.63, 3.8) is 0 Å². The first-order valence-electron chi connectivity index (χ1n) is 28.9. The fraction of sp³-hybridized carbons (Fsp3) is 0.763. The number of oxime groups is 1. The van der Waals surface area contributed by atoms with Gasteiger partial charge in [-0.3, -0.25) is 9.59 Å². The van der Waals surface area contributed by atoms with Gasteiger partial charge in [-0.05, 0) is 113 Å². The Balaban J connectivity index is 1.18. The second-order valence-corrected chi connectivity index (χ2v) is 24.5. The zero-order chi connectivity index (χ0) is 61.7. The first kappa shape index (κ1) is 67.2. The summed E-state index contributed by atoms with van der Waals surface area (Å²) in [6, 6.07) is 5.16. The first-order chi connectivity index (χ1) is 38.8. The third kappa shape index (κ3) is 15.2. The highest BCUT2D eigenvalue weighted by molar-refractivity contribution is 5.94. The lowest BCUT2D eigenvalue weighted by atomic mass is 9.73. The van der Waals surface area contributed by atoms with Gasteiger partial charge in [0.1, 0.15) is 40.8 Å². The largest absolute Gasteiger partial charge is 0.477 e. The van der Waals surface area contributed by atoms with Crippen LogP contribution in [0.15, 0.2) is 28.3 Å². The van der Waals surface area contributed by atoms with Gasteiger partial charge in [-0.15, -0.1) is 0 Å². The molecule has 4 aliphatic heterocycles. The van der Waals surface area contributed by atoms with Gasteiger partial charge in [-0.25, -0.2) is 9.59 Å². The number of benzene rings is 1. The second-order valence-electron chi connectivity index (χ2n) is 24.5. The fourth-order valence-electron chi connectivity index (χ4n) is 12.6. The number of aliphatic hydroxyl groups excluding tert-OH is 2. The number of nitrogens with zero attached hydrogens (tertiary/aromatic N) is 4. The number of methoxy groups -OCH3 is 1. The number of aromatic carboxylic acids is 1. The smallest absolute Gasteiger partial charge is 0.407 e. The van der Waals surface area contributed by atoms with E-state index in [1.807, 2.05) is 51.9 Å². The maximum Gasteiger partial charge on any atom is 0.407 e. The van der Waals surface area contributed by atoms with E-state index in [0.717, 1.165) is 11.1 Å². The van der Waals surface area contributed by atoms with Gasteiger partial charge in [0, 0.05) is 67.6 Å². The molecule has 0 spiro atoms. The quantitative estimate of drug-likeness (QED) is 0.0667. The molecule has 83 heavy (non-hydrogen) atoms. The summed E-state index contributed by atoms with van der Waals surface area (Å²) in [6.45, 7) is 20.5. The zero-order valence-corrected chi connectivity index (χ0v) is 50.9. The molecule has 4 aliphatic rings. The summed E-state index contributed by atoms with van der Waals surface area (Å²) in [5.74, 6) is -5.93. The van der Waals surface area contributed by atoms with E-state index in [4.69, 9.17) is 47.5 Å². The Morgan fingerprint density at radius 2 is 1.66 bits per heavy atom. The van der Waals surface area contributed by atoms with Crippen LogP contribution < -0.4 is 10.7 Å². The third-order valence-electron chi connectivity index (χ3n) is 17.2. The lowest BCUT2D eigenvalue weighted by Gasteiger charge is -2.49. The number of nitriles is 1. The first-order valence-corrected chi connectivity index (χ1v) is 28.9. The van der Waals surface area contributed by atoms with Crippen LogP contribution in [0.1, 0.15) is 137 Å². The van der Waals surface area contributed by atoms with Gasteiger partial charge in [0.2, 0.25) is 12.0 Å². The van der Waals surface area contributed by atoms with E-state index < -0.39 is 138 Å². The monoisotopic (exact) mass is 1170 g/mol. The molecular weight excluding hydrogens is 1080 g/mol. The molecule has 0 radical (unpaired) electrons. The summed E-state index contributed by atoms with van der Waals surface area (Å²) < 4.78 is 58.2. The average Bonchev–Trinajstić information content (AvgIpc) is 1.47. The van der Waals surface area contributed by atoms with E-state index in [0.29, 0.717) is 36.8 Å². The van der Waals surface area contributed by atoms with Crippen molar-refractivity contribution in [3.8, 4) is 6.07 Å². The van der Waals surface area contributed by atoms with Crippen molar-refractivity contribution < 1.29 is 87.4 Å². The number of carboxylic acids is 1. The number of hydrogen-bond acceptors (Lipinski definition) is 21. The summed E-state index contributed by atoms with van der Waals surface area (Å²) in [4.78, 5) is 60.6. The van der Waals surface area contributed by atoms with Crippen LogP contribution in [0.25, 0.3) is 10.9 Å². The van der Waals surface area contributed by atoms with Gasteiger partial charge in [-0.2, -0.15) is 5.26 Å². The molecule has 5 heterocycles. The van der Waals surface area contributed by atoms with Crippen LogP contribution in [0.4, 0.5) is 4.79 Å². The number of esters is 1. The number of alkyl carbamates (subject to hydrolysis) is 1. The Morgan fingerprint density at radius 3 is 2.30 bits per heavy atom. The van der Waals surface area contributed by atoms with Crippen molar-refractivity contribution in [3.05, 3.63) is 45.2 Å². The second kappa shape index (κ2) is 27.7. The molecule has 6 N–H and O–H groups in total. The number of aromatic nitrogens is 1. The van der Waals surface area contributed by atoms with Gasteiger partial charge in [-0.1, -0.05) is 38.9 Å². The standard InChI is InChI=1S/C59H91N5O19/c1-16-42-59(12,73)49(67)33(4)44(62-77-22-19-60)31(2)27-57(10,72)50(82-54-47(66)41(63(13)14)24-32(3)78-54)34(5)48(35(6)53(70)80-42)81-43-28-58(11,74-15)51(36(7)79-43)83-55(71)61-20-23-75-21-17-18-37-25-38-30-76-56(8,9)64-29-40(52(68)69)46(65)39(26-37)45(38)64/h25-26,29,31-36,41-43,47-51,54,66-67,72-73H,16-18,20-24,27-28,30H2,1-15H3,(H,61,71)(H,68,69)/t31-,32-,33+,34+,35-,36+,41+,42-,43+,47-,48+,49-,50-,51+,54?,57-,58-,59-/m1/s1. The van der Waals surface area contributed by atoms with Gasteiger partial charge >= 0.3 is 18.0 Å². The molecule has 0 saturated carbocycles. The fourth-order valence-corrected chi connectivity index (χ4v) is 12.6. The van der Waals surface area contributed by atoms with Crippen LogP contribution in [-0.4, -0.2) is 191 Å². The van der Waals surface area contributed by atoms with Crippen LogP contribution in [0, 0.1) is 35.0 Å². The summed E-state index contributed by atoms with van der Waals surface area (Å²) in [7, 11) is 5.13. The molecule has 0 aliphatic carbocycles. The van der Waals surface area contributed by atoms with E-state index in [-0.39, 0.29) is 56.4 Å². The Hall–Kier alpha value is -4.88. The lowest BCUT2D eigenvalue weighted by Crippen LogP contribution is -2.61. The molecule has 1 unspecified atom stereocenters. The molecule has 1 aromatic carbocycles. The number of rotatable bonds is 18. The van der Waals surface area contributed by atoms with Gasteiger partial charge in [0.15, 0.2) is 18.7 Å². The minimum atomic E-state index is -2.05. The van der Waals surface area contributed by atoms with Crippen LogP contribution in [0.2, 0.25) is 0 Å². The number of cyclic esters (lactones) is 1. The Labute approximate surface area is 486 Å². The van der Waals surface area contributed by atoms with Gasteiger partial charge in [0.25, 0.3) is 0 Å². The number of likely N-dealkylation sites (N-methyl/N-ethyl adjacent to an activating group) is 1. The number of carboxylic acid groups (broad SMARTS) is 1. The molecule has 1 amide bonds. The van der Waals surface area contributed by atoms with E-state index >= 15 is 0 Å². The number of carbonyl (C=O) groups is 3. The van der Waals surface area contributed by atoms with Crippen LogP contribution >= 0.6 is 0 Å². The molecule has 3 fully saturated rings. The topological polar surface area (TPSA) is 318 Å². The molecule has 466 valence electrons. The van der Waals surface area contributed by atoms with Crippen LogP contribution in [0.3, 0.4) is 0 Å². The minimum absolute atomic E-state index is 0.0369. The maximum atomic E-state index is 14.6. The number of aliphatic hydroxyl groups is 4. The number of nitrogens with one attached hydrogen (secondary N) is 1. The number of hydrogen-bond donors (Lipinski definition) is 6. The van der Waals surface area contributed by atoms with E-state index in [1.54, 1.807) is 59.1 Å². The molecule has 2 aromatic rings. The van der Waals surface area contributed by atoms with Crippen molar-refractivity contribution in [2.24, 2.45) is 28.8 Å². The number of amides is 1. The molecule has 24 nitrogen and oxygen atoms in total. The number of ether oxygens (including phenoxy) is 9. The number of aryl methyl sites for hydroxylation is 1. The summed E-state index contributed by atoms with van der Waals surface area (Å²) in [6.07, 6.45) is -9.13. The lowest BCUT2D eigenvalue weighted by molar-refractivity contribution is -0.317. The van der Waals surface area contributed by atoms with Crippen molar-refractivity contribution in [2.75, 3.05) is 47.6 Å². The molecule has 6 rings (SSSR count). The van der Waals surface area contributed by atoms with Crippen molar-refractivity contribution in [1.82, 2.24) is 14.8 Å². The van der Waals surface area contributed by atoms with Crippen LogP contribution in [0.5, 0.6) is 0 Å². The highest BCUT2D eigenvalue weighted by atomic mass is 16.7. The molecule has 1 aromatic heterocycles. The zero-order valence-electron chi connectivity index (χ0n) is 50.9. The Bertz CT molecular complexity index is 2710. The van der Waals surface area contributed by atoms with Crippen molar-refractivity contribution in [2.45, 2.75) is 218 Å². The SMILES string of the molecule is CC[C@H]1OC(=O)[C@H](C)[C@@H](O[C@H]2C[C@@](C)(OC)[C@@H](OC(=O)NCCOCCCc3cc4c5c(c3)c(=O)c(C(=O)O)cn5C(C)(C)OC4)[C@H](C)O2)[C@H](C)[C@@H](OC2O[C@H](C)C[C@H](N(C)C)[C@H]2O)[C@](C)(O)C[C@@H](C)C(=NOCC#N)[C@H](C)[C@@H](O)[C@]1(C)O. The average molecular weight is 1170 g/mol. The third-order valence-corrected chi connectivity index (χ3v) is 17.2. The van der Waals surface area contributed by atoms with Gasteiger partial charge in [0.05, 0.1) is 66.5 Å². The van der Waals surface area contributed by atoms with E-state index in [1.165, 1.54) is 27.2 Å². The summed E-state index contributed by atoms with van der Waals surface area (Å²) >= 11 is 0. The molecule has 24 heteroatoms. The van der Waals surface area contributed by atoms with E-state index in [2.05, 4.69) is 10.5 Å². The molecule has 0 bridgehead atoms. The Kier molecular flexibility index (Phi) is 22.4. The minimum Gasteiger partial charge on any atom is -0.477 e. The van der Waals surface area contributed by atoms with Crippen molar-refractivity contribution >= 4 is 34.6 Å². The number of carbonyl (C=O) groups excluding carboxylic acids is 2. The Morgan fingerprint density at radius 1 is 0.964 bits per heavy atom. The van der Waals surface area contributed by atoms with Gasteiger partial charge < -0.3 is 87.8 Å². The normalized spacial score (nSPS) is 36.6. The highest BCUT2D eigenvalue weighted by Gasteiger charge is 2.54. The number of pyridine rings is 1. The molecule has 3 saturated heterocycles. The molecule has 18 atom stereocenters. The molecular formula is C59H91N5O19. The maximum absolute atomic E-state index is 14.6. The van der Waals surface area contributed by atoms with E-state index in [9.17, 15) is 50.0 Å². The summed E-state index contributed by atoms with van der Waals surface area (Å²) in [5.41, 5.74) is -4.46. The predicted molar refractivity (Wildman–Crippen MR) is 301 cm³/mol.